The Kier molecular flexibility index (Phi) is 5.18. The Hall–Kier alpha value is -1.35. The molecule has 0 aliphatic heterocycles. The van der Waals surface area contributed by atoms with E-state index in [0.29, 0.717) is 6.61 Å². The molecule has 0 saturated heterocycles. The Balaban J connectivity index is 1.94. The average molecular weight is 275 g/mol. The van der Waals surface area contributed by atoms with Gasteiger partial charge in [-0.1, -0.05) is 25.5 Å². The number of rotatable bonds is 7. The first-order chi connectivity index (χ1) is 9.70. The molecule has 0 heterocycles. The van der Waals surface area contributed by atoms with Gasteiger partial charge in [-0.05, 0) is 50.3 Å². The number of hydrogen-bond donors (Lipinski definition) is 1. The molecule has 0 atom stereocenters. The van der Waals surface area contributed by atoms with Gasteiger partial charge in [0.15, 0.2) is 0 Å². The van der Waals surface area contributed by atoms with Crippen LogP contribution in [0.2, 0.25) is 0 Å². The number of carbonyl (C=O) groups excluding carboxylic acids is 1. The van der Waals surface area contributed by atoms with Crippen LogP contribution < -0.4 is 5.32 Å². The maximum Gasteiger partial charge on any atom is 0.230 e. The highest BCUT2D eigenvalue weighted by Crippen LogP contribution is 2.44. The van der Waals surface area contributed by atoms with E-state index in [1.54, 1.807) is 0 Å². The molecule has 1 N–H and O–H groups in total. The van der Waals surface area contributed by atoms with E-state index < -0.39 is 0 Å². The van der Waals surface area contributed by atoms with Crippen molar-refractivity contribution in [3.63, 3.8) is 0 Å². The molecule has 3 nitrogen and oxygen atoms in total. The van der Waals surface area contributed by atoms with Crippen LogP contribution in [0.15, 0.2) is 24.3 Å². The summed E-state index contributed by atoms with van der Waals surface area (Å²) >= 11 is 0. The van der Waals surface area contributed by atoms with Crippen molar-refractivity contribution in [3.05, 3.63) is 29.8 Å². The van der Waals surface area contributed by atoms with Crippen molar-refractivity contribution in [2.75, 3.05) is 18.5 Å². The van der Waals surface area contributed by atoms with Crippen LogP contribution in [0.25, 0.3) is 0 Å². The second kappa shape index (κ2) is 6.89. The van der Waals surface area contributed by atoms with Gasteiger partial charge in [0.25, 0.3) is 0 Å². The highest BCUT2D eigenvalue weighted by atomic mass is 16.5. The summed E-state index contributed by atoms with van der Waals surface area (Å²) < 4.78 is 5.42. The number of hydrogen-bond acceptors (Lipinski definition) is 2. The van der Waals surface area contributed by atoms with E-state index in [-0.39, 0.29) is 11.3 Å². The van der Waals surface area contributed by atoms with Crippen molar-refractivity contribution in [1.82, 2.24) is 0 Å². The summed E-state index contributed by atoms with van der Waals surface area (Å²) in [5, 5.41) is 3.07. The third kappa shape index (κ3) is 3.40. The third-order valence-electron chi connectivity index (χ3n) is 4.34. The first-order valence-corrected chi connectivity index (χ1v) is 7.68. The molecule has 2 rings (SSSR count). The van der Waals surface area contributed by atoms with Crippen LogP contribution in [0, 0.1) is 5.41 Å². The minimum atomic E-state index is -0.196. The van der Waals surface area contributed by atoms with E-state index in [2.05, 4.69) is 24.4 Å². The maximum atomic E-state index is 12.5. The number of amides is 1. The molecule has 0 radical (unpaired) electrons. The fourth-order valence-electron chi connectivity index (χ4n) is 2.69. The molecule has 1 amide bonds. The van der Waals surface area contributed by atoms with Gasteiger partial charge >= 0.3 is 0 Å². The van der Waals surface area contributed by atoms with Gasteiger partial charge < -0.3 is 10.1 Å². The minimum absolute atomic E-state index is 0.160. The molecule has 0 aromatic heterocycles. The van der Waals surface area contributed by atoms with Crippen molar-refractivity contribution >= 4 is 11.6 Å². The summed E-state index contributed by atoms with van der Waals surface area (Å²) in [7, 11) is 0. The smallest absolute Gasteiger partial charge is 0.230 e. The lowest BCUT2D eigenvalue weighted by atomic mass is 9.66. The van der Waals surface area contributed by atoms with Crippen LogP contribution >= 0.6 is 0 Å². The number of anilines is 1. The molecular formula is C17H25NO2. The minimum Gasteiger partial charge on any atom is -0.382 e. The second-order valence-electron chi connectivity index (χ2n) is 5.59. The highest BCUT2D eigenvalue weighted by molar-refractivity contribution is 5.95. The van der Waals surface area contributed by atoms with Crippen LogP contribution in [0.4, 0.5) is 5.69 Å². The second-order valence-corrected chi connectivity index (χ2v) is 5.59. The third-order valence-corrected chi connectivity index (χ3v) is 4.34. The predicted octanol–water partition coefficient (Wildman–Crippen LogP) is 3.78. The average Bonchev–Trinajstić information content (AvgIpc) is 2.42. The van der Waals surface area contributed by atoms with Gasteiger partial charge in [0.2, 0.25) is 5.91 Å². The van der Waals surface area contributed by atoms with Crippen LogP contribution in [-0.4, -0.2) is 19.1 Å². The van der Waals surface area contributed by atoms with Crippen molar-refractivity contribution in [2.24, 2.45) is 5.41 Å². The van der Waals surface area contributed by atoms with E-state index in [9.17, 15) is 4.79 Å². The van der Waals surface area contributed by atoms with E-state index in [4.69, 9.17) is 4.74 Å². The number of nitrogens with one attached hydrogen (secondary N) is 1. The number of ether oxygens (including phenoxy) is 1. The number of carbonyl (C=O) groups is 1. The Bertz CT molecular complexity index is 435. The van der Waals surface area contributed by atoms with Crippen molar-refractivity contribution < 1.29 is 9.53 Å². The molecule has 0 bridgehead atoms. The molecule has 1 fully saturated rings. The lowest BCUT2D eigenvalue weighted by Gasteiger charge is -2.40. The normalized spacial score (nSPS) is 16.5. The fraction of sp³-hybridized carbons (Fsp3) is 0.588. The fourth-order valence-corrected chi connectivity index (χ4v) is 2.69. The Morgan fingerprint density at radius 1 is 1.25 bits per heavy atom. The van der Waals surface area contributed by atoms with Gasteiger partial charge in [0.05, 0.1) is 5.41 Å². The predicted molar refractivity (Wildman–Crippen MR) is 81.8 cm³/mol. The van der Waals surface area contributed by atoms with Crippen LogP contribution in [-0.2, 0) is 16.0 Å². The molecule has 1 aromatic rings. The zero-order valence-electron chi connectivity index (χ0n) is 12.6. The Morgan fingerprint density at radius 3 is 2.45 bits per heavy atom. The topological polar surface area (TPSA) is 38.3 Å². The molecule has 110 valence electrons. The summed E-state index contributed by atoms with van der Waals surface area (Å²) in [6.07, 6.45) is 4.97. The van der Waals surface area contributed by atoms with Crippen molar-refractivity contribution in [3.8, 4) is 0 Å². The van der Waals surface area contributed by atoms with E-state index in [0.717, 1.165) is 44.4 Å². The van der Waals surface area contributed by atoms with E-state index in [1.807, 2.05) is 19.1 Å². The van der Waals surface area contributed by atoms with E-state index in [1.165, 1.54) is 5.56 Å². The van der Waals surface area contributed by atoms with Crippen LogP contribution in [0.5, 0.6) is 0 Å². The van der Waals surface area contributed by atoms with Gasteiger partial charge in [-0.3, -0.25) is 4.79 Å². The molecule has 1 aromatic carbocycles. The molecule has 3 heteroatoms. The largest absolute Gasteiger partial charge is 0.382 e. The SMILES string of the molecule is CCOCCC1(C(=O)Nc2ccc(CC)cc2)CCC1. The van der Waals surface area contributed by atoms with E-state index >= 15 is 0 Å². The molecule has 20 heavy (non-hydrogen) atoms. The van der Waals surface area contributed by atoms with Crippen molar-refractivity contribution in [1.29, 1.82) is 0 Å². The van der Waals surface area contributed by atoms with Crippen LogP contribution in [0.1, 0.15) is 45.1 Å². The lowest BCUT2D eigenvalue weighted by Crippen LogP contribution is -2.42. The first kappa shape index (κ1) is 15.0. The highest BCUT2D eigenvalue weighted by Gasteiger charge is 2.43. The van der Waals surface area contributed by atoms with Crippen LogP contribution in [0.3, 0.4) is 0 Å². The first-order valence-electron chi connectivity index (χ1n) is 7.68. The van der Waals surface area contributed by atoms with Gasteiger partial charge in [-0.15, -0.1) is 0 Å². The zero-order chi connectivity index (χ0) is 14.4. The maximum absolute atomic E-state index is 12.5. The van der Waals surface area contributed by atoms with Crippen molar-refractivity contribution in [2.45, 2.75) is 46.0 Å². The molecule has 0 unspecified atom stereocenters. The molecule has 1 aliphatic rings. The molecule has 1 aliphatic carbocycles. The standard InChI is InChI=1S/C17H25NO2/c1-3-14-6-8-15(9-7-14)18-16(19)17(10-5-11-17)12-13-20-4-2/h6-9H,3-5,10-13H2,1-2H3,(H,18,19). The lowest BCUT2D eigenvalue weighted by molar-refractivity contribution is -0.132. The molecule has 1 saturated carbocycles. The summed E-state index contributed by atoms with van der Waals surface area (Å²) in [6, 6.07) is 8.13. The number of aryl methyl sites for hydroxylation is 1. The van der Waals surface area contributed by atoms with Gasteiger partial charge in [-0.2, -0.15) is 0 Å². The molecular weight excluding hydrogens is 250 g/mol. The van der Waals surface area contributed by atoms with Gasteiger partial charge in [0.1, 0.15) is 0 Å². The summed E-state index contributed by atoms with van der Waals surface area (Å²) in [4.78, 5) is 12.5. The Morgan fingerprint density at radius 2 is 1.95 bits per heavy atom. The summed E-state index contributed by atoms with van der Waals surface area (Å²) in [5.74, 6) is 0.160. The Labute approximate surface area is 121 Å². The summed E-state index contributed by atoms with van der Waals surface area (Å²) in [5.41, 5.74) is 1.99. The zero-order valence-corrected chi connectivity index (χ0v) is 12.6. The molecule has 0 spiro atoms. The quantitative estimate of drug-likeness (QED) is 0.769. The number of benzene rings is 1. The van der Waals surface area contributed by atoms with Gasteiger partial charge in [0, 0.05) is 18.9 Å². The van der Waals surface area contributed by atoms with Gasteiger partial charge in [-0.25, -0.2) is 0 Å². The summed E-state index contributed by atoms with van der Waals surface area (Å²) in [6.45, 7) is 5.52. The monoisotopic (exact) mass is 275 g/mol.